The Hall–Kier alpha value is -1.96. The second kappa shape index (κ2) is 3.31. The summed E-state index contributed by atoms with van der Waals surface area (Å²) in [7, 11) is 0. The summed E-state index contributed by atoms with van der Waals surface area (Å²) in [4.78, 5) is 8.51. The fourth-order valence-electron chi connectivity index (χ4n) is 1.87. The molecule has 0 saturated carbocycles. The molecule has 0 N–H and O–H groups in total. The van der Waals surface area contributed by atoms with Gasteiger partial charge in [0.15, 0.2) is 0 Å². The predicted octanol–water partition coefficient (Wildman–Crippen LogP) is 2.55. The van der Waals surface area contributed by atoms with Crippen LogP contribution in [-0.4, -0.2) is 9.97 Å². The van der Waals surface area contributed by atoms with Crippen LogP contribution in [0.1, 0.15) is 22.4 Å². The summed E-state index contributed by atoms with van der Waals surface area (Å²) in [6.07, 6.45) is 10.7. The lowest BCUT2D eigenvalue weighted by Crippen LogP contribution is -1.93. The van der Waals surface area contributed by atoms with Gasteiger partial charge in [-0.25, -0.2) is 0 Å². The van der Waals surface area contributed by atoms with E-state index in [4.69, 9.17) is 0 Å². The number of aromatic nitrogens is 2. The number of hydrogen-bond acceptors (Lipinski definition) is 2. The fraction of sp³-hybridized carbons (Fsp3) is 0.0769. The van der Waals surface area contributed by atoms with Gasteiger partial charge in [-0.05, 0) is 34.9 Å². The third-order valence-electron chi connectivity index (χ3n) is 2.67. The van der Waals surface area contributed by atoms with Crippen molar-refractivity contribution in [1.82, 2.24) is 9.97 Å². The molecule has 0 bridgehead atoms. The van der Waals surface area contributed by atoms with Crippen LogP contribution in [-0.2, 0) is 6.42 Å². The van der Waals surface area contributed by atoms with Crippen LogP contribution in [0.2, 0.25) is 0 Å². The van der Waals surface area contributed by atoms with Crippen molar-refractivity contribution in [1.29, 1.82) is 0 Å². The van der Waals surface area contributed by atoms with E-state index in [1.165, 1.54) is 16.7 Å². The molecule has 0 aromatic carbocycles. The van der Waals surface area contributed by atoms with Gasteiger partial charge >= 0.3 is 0 Å². The van der Waals surface area contributed by atoms with Crippen LogP contribution in [0.4, 0.5) is 0 Å². The van der Waals surface area contributed by atoms with Crippen LogP contribution >= 0.6 is 0 Å². The molecule has 72 valence electrons. The van der Waals surface area contributed by atoms with Crippen molar-refractivity contribution in [3.63, 3.8) is 0 Å². The molecular weight excluding hydrogens is 184 g/mol. The Labute approximate surface area is 88.3 Å². The molecule has 15 heavy (non-hydrogen) atoms. The second-order valence-electron chi connectivity index (χ2n) is 3.63. The molecule has 0 fully saturated rings. The molecule has 1 aliphatic rings. The maximum atomic E-state index is 4.36. The molecule has 2 heteroatoms. The van der Waals surface area contributed by atoms with Gasteiger partial charge in [-0.2, -0.15) is 0 Å². The van der Waals surface area contributed by atoms with Crippen LogP contribution in [0.3, 0.4) is 0 Å². The largest absolute Gasteiger partial charge is 0.264 e. The summed E-state index contributed by atoms with van der Waals surface area (Å²) in [6.45, 7) is 0. The molecule has 2 aromatic heterocycles. The Balaban J connectivity index is 2.19. The van der Waals surface area contributed by atoms with Crippen molar-refractivity contribution < 1.29 is 0 Å². The molecule has 2 heterocycles. The predicted molar refractivity (Wildman–Crippen MR) is 60.2 cm³/mol. The van der Waals surface area contributed by atoms with Gasteiger partial charge in [-0.1, -0.05) is 12.1 Å². The van der Waals surface area contributed by atoms with Crippen molar-refractivity contribution in [2.24, 2.45) is 0 Å². The van der Waals surface area contributed by atoms with E-state index in [0.717, 1.165) is 12.1 Å². The van der Waals surface area contributed by atoms with Crippen LogP contribution in [0.5, 0.6) is 0 Å². The lowest BCUT2D eigenvalue weighted by Gasteiger charge is -2.03. The summed E-state index contributed by atoms with van der Waals surface area (Å²) in [5, 5.41) is 0. The van der Waals surface area contributed by atoms with Crippen LogP contribution in [0.25, 0.3) is 12.2 Å². The highest BCUT2D eigenvalue weighted by Crippen LogP contribution is 2.22. The molecule has 2 nitrogen and oxygen atoms in total. The first-order valence-corrected chi connectivity index (χ1v) is 4.98. The Morgan fingerprint density at radius 3 is 3.00 bits per heavy atom. The minimum atomic E-state index is 0.916. The number of hydrogen-bond donors (Lipinski definition) is 0. The lowest BCUT2D eigenvalue weighted by molar-refractivity contribution is 1.11. The Morgan fingerprint density at radius 1 is 1.00 bits per heavy atom. The zero-order chi connectivity index (χ0) is 10.1. The van der Waals surface area contributed by atoms with E-state index in [1.54, 1.807) is 0 Å². The van der Waals surface area contributed by atoms with Crippen LogP contribution in [0.15, 0.2) is 36.8 Å². The van der Waals surface area contributed by atoms with E-state index in [2.05, 4.69) is 28.2 Å². The van der Waals surface area contributed by atoms with Gasteiger partial charge < -0.3 is 0 Å². The Kier molecular flexibility index (Phi) is 1.85. The SMILES string of the molecule is C1=Cc2ncccc2Cc2cnccc21. The number of rotatable bonds is 0. The van der Waals surface area contributed by atoms with Crippen LogP contribution in [0, 0.1) is 0 Å². The summed E-state index contributed by atoms with van der Waals surface area (Å²) in [6, 6.07) is 6.14. The maximum Gasteiger partial charge on any atom is 0.0665 e. The van der Waals surface area contributed by atoms with Gasteiger partial charge in [0.05, 0.1) is 5.69 Å². The lowest BCUT2D eigenvalue weighted by atomic mass is 10.0. The van der Waals surface area contributed by atoms with Gasteiger partial charge in [-0.3, -0.25) is 9.97 Å². The first kappa shape index (κ1) is 8.36. The zero-order valence-electron chi connectivity index (χ0n) is 8.22. The van der Waals surface area contributed by atoms with Crippen molar-refractivity contribution in [2.75, 3.05) is 0 Å². The average molecular weight is 194 g/mol. The molecule has 0 amide bonds. The summed E-state index contributed by atoms with van der Waals surface area (Å²) < 4.78 is 0. The third-order valence-corrected chi connectivity index (χ3v) is 2.67. The van der Waals surface area contributed by atoms with Gasteiger partial charge in [0, 0.05) is 25.0 Å². The minimum absolute atomic E-state index is 0.916. The van der Waals surface area contributed by atoms with Gasteiger partial charge in [0.25, 0.3) is 0 Å². The smallest absolute Gasteiger partial charge is 0.0665 e. The van der Waals surface area contributed by atoms with E-state index < -0.39 is 0 Å². The highest BCUT2D eigenvalue weighted by Gasteiger charge is 2.08. The molecule has 0 spiro atoms. The van der Waals surface area contributed by atoms with E-state index in [9.17, 15) is 0 Å². The molecule has 0 aliphatic heterocycles. The van der Waals surface area contributed by atoms with Crippen LogP contribution < -0.4 is 0 Å². The fourth-order valence-corrected chi connectivity index (χ4v) is 1.87. The quantitative estimate of drug-likeness (QED) is 0.549. The minimum Gasteiger partial charge on any atom is -0.264 e. The Morgan fingerprint density at radius 2 is 2.00 bits per heavy atom. The van der Waals surface area contributed by atoms with E-state index >= 15 is 0 Å². The zero-order valence-corrected chi connectivity index (χ0v) is 8.22. The van der Waals surface area contributed by atoms with E-state index in [0.29, 0.717) is 0 Å². The average Bonchev–Trinajstić information content (AvgIpc) is 2.48. The summed E-state index contributed by atoms with van der Waals surface area (Å²) >= 11 is 0. The Bertz CT molecular complexity index is 482. The summed E-state index contributed by atoms with van der Waals surface area (Å²) in [5.74, 6) is 0. The van der Waals surface area contributed by atoms with E-state index in [-0.39, 0.29) is 0 Å². The third kappa shape index (κ3) is 1.44. The highest BCUT2D eigenvalue weighted by atomic mass is 14.7. The van der Waals surface area contributed by atoms with Crippen molar-refractivity contribution in [3.05, 3.63) is 59.2 Å². The first-order valence-electron chi connectivity index (χ1n) is 4.98. The second-order valence-corrected chi connectivity index (χ2v) is 3.63. The van der Waals surface area contributed by atoms with Gasteiger partial charge in [0.2, 0.25) is 0 Å². The van der Waals surface area contributed by atoms with Gasteiger partial charge in [0.1, 0.15) is 0 Å². The standard InChI is InChI=1S/C13H10N2/c1-2-11-8-12-9-14-7-5-10(12)3-4-13(11)15-6-1/h1-7,9H,8H2. The van der Waals surface area contributed by atoms with Crippen molar-refractivity contribution in [3.8, 4) is 0 Å². The molecule has 3 rings (SSSR count). The molecule has 1 aliphatic carbocycles. The van der Waals surface area contributed by atoms with Crippen molar-refractivity contribution >= 4 is 12.2 Å². The monoisotopic (exact) mass is 194 g/mol. The van der Waals surface area contributed by atoms with E-state index in [1.807, 2.05) is 30.7 Å². The molecule has 0 radical (unpaired) electrons. The molecule has 0 unspecified atom stereocenters. The first-order chi connectivity index (χ1) is 7.43. The molecule has 2 aromatic rings. The maximum absolute atomic E-state index is 4.36. The highest BCUT2D eigenvalue weighted by molar-refractivity contribution is 5.73. The molecule has 0 saturated heterocycles. The molecular formula is C13H10N2. The topological polar surface area (TPSA) is 25.8 Å². The number of pyridine rings is 2. The number of fused-ring (bicyclic) bond motifs is 2. The van der Waals surface area contributed by atoms with Crippen molar-refractivity contribution in [2.45, 2.75) is 6.42 Å². The van der Waals surface area contributed by atoms with Gasteiger partial charge in [-0.15, -0.1) is 0 Å². The normalized spacial score (nSPS) is 12.8. The number of nitrogens with zero attached hydrogens (tertiary/aromatic N) is 2. The summed E-state index contributed by atoms with van der Waals surface area (Å²) in [5.41, 5.74) is 4.83. The molecule has 0 atom stereocenters.